The van der Waals surface area contributed by atoms with Gasteiger partial charge < -0.3 is 19.4 Å². The fraction of sp³-hybridized carbons (Fsp3) is 0.0833. The number of rotatable bonds is 5. The molecule has 0 unspecified atom stereocenters. The largest absolute Gasteiger partial charge is 0.707 e. The molecular weight excluding hydrogens is 233 g/mol. The normalized spacial score (nSPS) is 9.89. The third-order valence-corrected chi connectivity index (χ3v) is 2.19. The van der Waals surface area contributed by atoms with E-state index in [9.17, 15) is 0 Å². The molecule has 0 saturated heterocycles. The van der Waals surface area contributed by atoms with Gasteiger partial charge in [0.1, 0.15) is 12.4 Å². The molecule has 0 bridgehead atoms. The van der Waals surface area contributed by atoms with Gasteiger partial charge in [-0.05, 0) is 23.8 Å². The molecule has 0 aliphatic heterocycles. The topological polar surface area (TPSA) is 71.8 Å². The number of nitrogens with zero attached hydrogens (tertiary/aromatic N) is 1. The minimum Gasteiger partial charge on any atom is -0.512 e. The van der Waals surface area contributed by atoms with Crippen LogP contribution in [0.2, 0.25) is 0 Å². The van der Waals surface area contributed by atoms with E-state index in [0.29, 0.717) is 18.2 Å². The van der Waals surface area contributed by atoms with Gasteiger partial charge in [0, 0.05) is 12.3 Å². The lowest BCUT2D eigenvalue weighted by atomic mass is 10.2. The van der Waals surface area contributed by atoms with E-state index in [1.165, 1.54) is 0 Å². The van der Waals surface area contributed by atoms with Crippen LogP contribution in [0.4, 0.5) is 0 Å². The molecule has 1 heterocycles. The quantitative estimate of drug-likeness (QED) is 0.769. The van der Waals surface area contributed by atoms with Gasteiger partial charge in [-0.15, -0.1) is 0 Å². The molecule has 18 heavy (non-hydrogen) atoms. The van der Waals surface area contributed by atoms with Crippen LogP contribution in [-0.2, 0) is 6.61 Å². The molecule has 1 aromatic carbocycles. The maximum Gasteiger partial charge on any atom is 0.707 e. The second kappa shape index (κ2) is 6.04. The summed E-state index contributed by atoms with van der Waals surface area (Å²) in [4.78, 5) is 4.04. The Hall–Kier alpha value is -2.05. The first-order valence-electron chi connectivity index (χ1n) is 5.39. The van der Waals surface area contributed by atoms with E-state index in [4.69, 9.17) is 14.8 Å². The van der Waals surface area contributed by atoms with Crippen LogP contribution in [0, 0.1) is 0 Å². The highest BCUT2D eigenvalue weighted by atomic mass is 16.6. The maximum absolute atomic E-state index is 8.63. The van der Waals surface area contributed by atoms with Gasteiger partial charge in [0.2, 0.25) is 5.88 Å². The van der Waals surface area contributed by atoms with E-state index < -0.39 is 7.32 Å². The van der Waals surface area contributed by atoms with Crippen molar-refractivity contribution in [1.29, 1.82) is 0 Å². The highest BCUT2D eigenvalue weighted by Gasteiger charge is 2.10. The van der Waals surface area contributed by atoms with Crippen LogP contribution in [0.5, 0.6) is 11.6 Å². The van der Waals surface area contributed by atoms with E-state index in [1.807, 2.05) is 12.1 Å². The standard InChI is InChI=1S/C12H12BNO4/c15-13(16)18-11-6-4-10(5-7-11)9-17-12-3-1-2-8-14-12/h1-8,15-16H,9H2. The minimum absolute atomic E-state index is 0.381. The second-order valence-corrected chi connectivity index (χ2v) is 3.54. The van der Waals surface area contributed by atoms with Gasteiger partial charge in [-0.2, -0.15) is 0 Å². The number of pyridine rings is 1. The molecule has 1 aromatic heterocycles. The number of ether oxygens (including phenoxy) is 1. The minimum atomic E-state index is -1.80. The van der Waals surface area contributed by atoms with Gasteiger partial charge in [0.25, 0.3) is 0 Å². The molecule has 0 aliphatic carbocycles. The Morgan fingerprint density at radius 2 is 1.83 bits per heavy atom. The summed E-state index contributed by atoms with van der Waals surface area (Å²) in [6, 6.07) is 12.3. The van der Waals surface area contributed by atoms with E-state index in [0.717, 1.165) is 5.56 Å². The number of hydrogen-bond donors (Lipinski definition) is 2. The Kier molecular flexibility index (Phi) is 4.17. The highest BCUT2D eigenvalue weighted by Crippen LogP contribution is 2.14. The van der Waals surface area contributed by atoms with Gasteiger partial charge >= 0.3 is 7.32 Å². The molecule has 0 spiro atoms. The fourth-order valence-corrected chi connectivity index (χ4v) is 1.38. The zero-order valence-electron chi connectivity index (χ0n) is 9.56. The monoisotopic (exact) mass is 245 g/mol. The molecule has 6 heteroatoms. The summed E-state index contributed by atoms with van der Waals surface area (Å²) in [6.45, 7) is 0.388. The molecule has 92 valence electrons. The molecule has 0 radical (unpaired) electrons. The predicted molar refractivity (Wildman–Crippen MR) is 65.8 cm³/mol. The van der Waals surface area contributed by atoms with E-state index >= 15 is 0 Å². The van der Waals surface area contributed by atoms with Crippen LogP contribution < -0.4 is 9.39 Å². The highest BCUT2D eigenvalue weighted by molar-refractivity contribution is 6.33. The lowest BCUT2D eigenvalue weighted by Crippen LogP contribution is -2.20. The Morgan fingerprint density at radius 1 is 1.06 bits per heavy atom. The average Bonchev–Trinajstić information content (AvgIpc) is 2.38. The molecule has 0 fully saturated rings. The first-order valence-corrected chi connectivity index (χ1v) is 5.39. The summed E-state index contributed by atoms with van der Waals surface area (Å²) in [5.74, 6) is 0.940. The Bertz CT molecular complexity index is 475. The Balaban J connectivity index is 1.90. The van der Waals surface area contributed by atoms with Crippen molar-refractivity contribution in [2.45, 2.75) is 6.61 Å². The van der Waals surface area contributed by atoms with E-state index in [-0.39, 0.29) is 0 Å². The SMILES string of the molecule is OB(O)Oc1ccc(COc2ccccn2)cc1. The summed E-state index contributed by atoms with van der Waals surface area (Å²) in [6.07, 6.45) is 1.66. The molecule has 2 rings (SSSR count). The third-order valence-electron chi connectivity index (χ3n) is 2.19. The van der Waals surface area contributed by atoms with Crippen LogP contribution in [0.1, 0.15) is 5.56 Å². The average molecular weight is 245 g/mol. The summed E-state index contributed by atoms with van der Waals surface area (Å²) in [7, 11) is -1.80. The van der Waals surface area contributed by atoms with Gasteiger partial charge in [0.15, 0.2) is 0 Å². The van der Waals surface area contributed by atoms with Crippen LogP contribution in [0.15, 0.2) is 48.7 Å². The maximum atomic E-state index is 8.63. The van der Waals surface area contributed by atoms with Crippen molar-refractivity contribution < 1.29 is 19.4 Å². The van der Waals surface area contributed by atoms with Crippen molar-refractivity contribution in [2.75, 3.05) is 0 Å². The number of aromatic nitrogens is 1. The van der Waals surface area contributed by atoms with Gasteiger partial charge in [0.05, 0.1) is 0 Å². The molecular formula is C12H12BNO4. The lowest BCUT2D eigenvalue weighted by Gasteiger charge is -2.07. The zero-order valence-corrected chi connectivity index (χ0v) is 9.56. The first-order chi connectivity index (χ1) is 8.74. The van der Waals surface area contributed by atoms with Crippen molar-refractivity contribution in [3.05, 3.63) is 54.2 Å². The van der Waals surface area contributed by atoms with E-state index in [2.05, 4.69) is 9.64 Å². The third kappa shape index (κ3) is 3.76. The molecule has 0 atom stereocenters. The van der Waals surface area contributed by atoms with Crippen molar-refractivity contribution in [3.63, 3.8) is 0 Å². The molecule has 2 N–H and O–H groups in total. The summed E-state index contributed by atoms with van der Waals surface area (Å²) in [5, 5.41) is 17.3. The summed E-state index contributed by atoms with van der Waals surface area (Å²) in [5.41, 5.74) is 0.931. The van der Waals surface area contributed by atoms with E-state index in [1.54, 1.807) is 36.5 Å². The van der Waals surface area contributed by atoms with Gasteiger partial charge in [-0.1, -0.05) is 18.2 Å². The first kappa shape index (κ1) is 12.4. The van der Waals surface area contributed by atoms with Crippen LogP contribution in [0.25, 0.3) is 0 Å². The smallest absolute Gasteiger partial charge is 0.512 e. The van der Waals surface area contributed by atoms with Crippen molar-refractivity contribution in [3.8, 4) is 11.6 Å². The van der Waals surface area contributed by atoms with Crippen molar-refractivity contribution in [2.24, 2.45) is 0 Å². The summed E-state index contributed by atoms with van der Waals surface area (Å²) >= 11 is 0. The van der Waals surface area contributed by atoms with Crippen molar-refractivity contribution >= 4 is 7.32 Å². The van der Waals surface area contributed by atoms with Gasteiger partial charge in [-0.3, -0.25) is 0 Å². The molecule has 0 amide bonds. The fourth-order valence-electron chi connectivity index (χ4n) is 1.38. The second-order valence-electron chi connectivity index (χ2n) is 3.54. The Morgan fingerprint density at radius 3 is 2.44 bits per heavy atom. The predicted octanol–water partition coefficient (Wildman–Crippen LogP) is 1.01. The van der Waals surface area contributed by atoms with Crippen LogP contribution >= 0.6 is 0 Å². The number of benzene rings is 1. The lowest BCUT2D eigenvalue weighted by molar-refractivity contribution is 0.287. The molecule has 5 nitrogen and oxygen atoms in total. The molecule has 2 aromatic rings. The Labute approximate surface area is 105 Å². The van der Waals surface area contributed by atoms with Crippen molar-refractivity contribution in [1.82, 2.24) is 4.98 Å². The molecule has 0 aliphatic rings. The van der Waals surface area contributed by atoms with Crippen LogP contribution in [0.3, 0.4) is 0 Å². The molecule has 0 saturated carbocycles. The van der Waals surface area contributed by atoms with Crippen LogP contribution in [-0.4, -0.2) is 22.4 Å². The number of hydrogen-bond acceptors (Lipinski definition) is 5. The van der Waals surface area contributed by atoms with Gasteiger partial charge in [-0.25, -0.2) is 4.98 Å². The summed E-state index contributed by atoms with van der Waals surface area (Å²) < 4.78 is 10.2. The zero-order chi connectivity index (χ0) is 12.8.